The third-order valence-corrected chi connectivity index (χ3v) is 4.30. The minimum Gasteiger partial charge on any atom is -0.334 e. The molecule has 1 atom stereocenters. The van der Waals surface area contributed by atoms with Gasteiger partial charge in [0.15, 0.2) is 0 Å². The second-order valence-corrected chi connectivity index (χ2v) is 6.30. The van der Waals surface area contributed by atoms with Crippen LogP contribution >= 0.6 is 0 Å². The summed E-state index contributed by atoms with van der Waals surface area (Å²) in [7, 11) is -1.24. The number of hydrogen-bond donors (Lipinski definition) is 0. The van der Waals surface area contributed by atoms with Crippen LogP contribution in [0.5, 0.6) is 0 Å². The van der Waals surface area contributed by atoms with Gasteiger partial charge in [0.1, 0.15) is 0 Å². The Bertz CT molecular complexity index is 889. The summed E-state index contributed by atoms with van der Waals surface area (Å²) in [4.78, 5) is 4.73. The first kappa shape index (κ1) is 16.4. The van der Waals surface area contributed by atoms with Crippen LogP contribution in [0.1, 0.15) is 5.56 Å². The number of rotatable bonds is 3. The van der Waals surface area contributed by atoms with Crippen molar-refractivity contribution in [3.8, 4) is 22.8 Å². The van der Waals surface area contributed by atoms with E-state index < -0.39 is 22.5 Å². The molecular weight excluding hydrogens is 341 g/mol. The van der Waals surface area contributed by atoms with Crippen LogP contribution in [0, 0.1) is 0 Å². The maximum atomic E-state index is 12.6. The van der Waals surface area contributed by atoms with Crippen LogP contribution in [0.4, 0.5) is 13.2 Å². The minimum atomic E-state index is -4.40. The standard InChI is InChI=1S/C16H11F3N2O2S/c1-24(22)13-5-3-2-4-12(13)15-20-14(21-23-15)10-6-8-11(9-7-10)16(17,18)19/h2-9H,1H3/t24-/m0/s1. The van der Waals surface area contributed by atoms with Crippen LogP contribution < -0.4 is 0 Å². The fourth-order valence-corrected chi connectivity index (χ4v) is 2.89. The summed E-state index contributed by atoms with van der Waals surface area (Å²) >= 11 is 0. The molecule has 4 nitrogen and oxygen atoms in total. The average molecular weight is 352 g/mol. The Morgan fingerprint density at radius 2 is 1.71 bits per heavy atom. The Morgan fingerprint density at radius 3 is 2.33 bits per heavy atom. The van der Waals surface area contributed by atoms with Crippen molar-refractivity contribution in [1.82, 2.24) is 10.1 Å². The van der Waals surface area contributed by atoms with Crippen molar-refractivity contribution < 1.29 is 21.9 Å². The second kappa shape index (κ2) is 6.20. The first-order chi connectivity index (χ1) is 11.4. The Kier molecular flexibility index (Phi) is 4.23. The van der Waals surface area contributed by atoms with E-state index in [1.54, 1.807) is 24.3 Å². The van der Waals surface area contributed by atoms with E-state index in [-0.39, 0.29) is 11.7 Å². The molecule has 0 N–H and O–H groups in total. The molecule has 1 aromatic heterocycles. The van der Waals surface area contributed by atoms with Crippen LogP contribution in [0.15, 0.2) is 57.9 Å². The van der Waals surface area contributed by atoms with E-state index in [1.807, 2.05) is 0 Å². The number of nitrogens with zero attached hydrogens (tertiary/aromatic N) is 2. The Balaban J connectivity index is 1.96. The lowest BCUT2D eigenvalue weighted by molar-refractivity contribution is -0.137. The quantitative estimate of drug-likeness (QED) is 0.710. The summed E-state index contributed by atoms with van der Waals surface area (Å²) < 4.78 is 54.7. The largest absolute Gasteiger partial charge is 0.416 e. The highest BCUT2D eigenvalue weighted by atomic mass is 32.2. The summed E-state index contributed by atoms with van der Waals surface area (Å²) in [6, 6.07) is 11.3. The van der Waals surface area contributed by atoms with Gasteiger partial charge in [-0.3, -0.25) is 4.21 Å². The van der Waals surface area contributed by atoms with E-state index in [4.69, 9.17) is 4.52 Å². The van der Waals surface area contributed by atoms with E-state index in [2.05, 4.69) is 10.1 Å². The highest BCUT2D eigenvalue weighted by Gasteiger charge is 2.30. The summed E-state index contributed by atoms with van der Waals surface area (Å²) in [5, 5.41) is 3.79. The maximum Gasteiger partial charge on any atom is 0.416 e. The van der Waals surface area contributed by atoms with Gasteiger partial charge in [-0.05, 0) is 24.3 Å². The van der Waals surface area contributed by atoms with Gasteiger partial charge < -0.3 is 4.52 Å². The molecule has 124 valence electrons. The van der Waals surface area contributed by atoms with Crippen LogP contribution in [0.25, 0.3) is 22.8 Å². The lowest BCUT2D eigenvalue weighted by Gasteiger charge is -2.05. The van der Waals surface area contributed by atoms with Crippen molar-refractivity contribution in [1.29, 1.82) is 0 Å². The van der Waals surface area contributed by atoms with E-state index in [0.717, 1.165) is 12.1 Å². The Labute approximate surface area is 137 Å². The van der Waals surface area contributed by atoms with Gasteiger partial charge in [0.05, 0.1) is 26.8 Å². The van der Waals surface area contributed by atoms with Crippen LogP contribution in [-0.4, -0.2) is 20.6 Å². The smallest absolute Gasteiger partial charge is 0.334 e. The minimum absolute atomic E-state index is 0.162. The van der Waals surface area contributed by atoms with Gasteiger partial charge in [-0.15, -0.1) is 0 Å². The van der Waals surface area contributed by atoms with Crippen molar-refractivity contribution in [3.05, 3.63) is 54.1 Å². The lowest BCUT2D eigenvalue weighted by atomic mass is 10.1. The second-order valence-electron chi connectivity index (χ2n) is 4.95. The zero-order chi connectivity index (χ0) is 17.3. The van der Waals surface area contributed by atoms with Crippen molar-refractivity contribution >= 4 is 10.8 Å². The molecule has 0 bridgehead atoms. The molecule has 24 heavy (non-hydrogen) atoms. The molecule has 0 amide bonds. The third-order valence-electron chi connectivity index (χ3n) is 3.32. The zero-order valence-electron chi connectivity index (χ0n) is 12.4. The molecule has 3 aromatic rings. The molecule has 0 aliphatic heterocycles. The van der Waals surface area contributed by atoms with Gasteiger partial charge in [-0.1, -0.05) is 29.4 Å². The normalized spacial score (nSPS) is 13.0. The molecule has 2 aromatic carbocycles. The molecule has 0 saturated heterocycles. The molecule has 0 radical (unpaired) electrons. The molecule has 0 unspecified atom stereocenters. The summed E-state index contributed by atoms with van der Waals surface area (Å²) in [5.74, 6) is 0.325. The number of alkyl halides is 3. The van der Waals surface area contributed by atoms with Crippen molar-refractivity contribution in [3.63, 3.8) is 0 Å². The van der Waals surface area contributed by atoms with Gasteiger partial charge >= 0.3 is 6.18 Å². The molecule has 1 heterocycles. The van der Waals surface area contributed by atoms with Gasteiger partial charge in [0, 0.05) is 11.8 Å². The summed E-state index contributed by atoms with van der Waals surface area (Å²) in [6.07, 6.45) is -2.86. The summed E-state index contributed by atoms with van der Waals surface area (Å²) in [5.41, 5.74) is 0.179. The fourth-order valence-electron chi connectivity index (χ4n) is 2.15. The SMILES string of the molecule is C[S@](=O)c1ccccc1-c1nc(-c2ccc(C(F)(F)F)cc2)no1. The van der Waals surface area contributed by atoms with E-state index >= 15 is 0 Å². The van der Waals surface area contributed by atoms with Crippen LogP contribution in [0.2, 0.25) is 0 Å². The number of hydrogen-bond acceptors (Lipinski definition) is 4. The number of benzene rings is 2. The van der Waals surface area contributed by atoms with Crippen molar-refractivity contribution in [2.45, 2.75) is 11.1 Å². The fraction of sp³-hybridized carbons (Fsp3) is 0.125. The van der Waals surface area contributed by atoms with Crippen LogP contribution in [-0.2, 0) is 17.0 Å². The molecule has 0 aliphatic carbocycles. The summed E-state index contributed by atoms with van der Waals surface area (Å²) in [6.45, 7) is 0. The zero-order valence-corrected chi connectivity index (χ0v) is 13.2. The van der Waals surface area contributed by atoms with Crippen molar-refractivity contribution in [2.75, 3.05) is 6.26 Å². The molecule has 0 fully saturated rings. The highest BCUT2D eigenvalue weighted by molar-refractivity contribution is 7.84. The van der Waals surface area contributed by atoms with E-state index in [0.29, 0.717) is 16.0 Å². The maximum absolute atomic E-state index is 12.6. The van der Waals surface area contributed by atoms with Crippen molar-refractivity contribution in [2.24, 2.45) is 0 Å². The van der Waals surface area contributed by atoms with Gasteiger partial charge in [-0.25, -0.2) is 0 Å². The Morgan fingerprint density at radius 1 is 1.04 bits per heavy atom. The number of halogens is 3. The van der Waals surface area contributed by atoms with Gasteiger partial charge in [-0.2, -0.15) is 18.2 Å². The Hall–Kier alpha value is -2.48. The predicted molar refractivity (Wildman–Crippen MR) is 82.5 cm³/mol. The first-order valence-corrected chi connectivity index (χ1v) is 8.36. The monoisotopic (exact) mass is 352 g/mol. The first-order valence-electron chi connectivity index (χ1n) is 6.80. The third kappa shape index (κ3) is 3.23. The van der Waals surface area contributed by atoms with Gasteiger partial charge in [0.25, 0.3) is 5.89 Å². The molecule has 8 heteroatoms. The van der Waals surface area contributed by atoms with E-state index in [1.165, 1.54) is 18.4 Å². The van der Waals surface area contributed by atoms with E-state index in [9.17, 15) is 17.4 Å². The highest BCUT2D eigenvalue weighted by Crippen LogP contribution is 2.31. The molecular formula is C16H11F3N2O2S. The predicted octanol–water partition coefficient (Wildman–Crippen LogP) is 4.16. The molecule has 0 spiro atoms. The average Bonchev–Trinajstić information content (AvgIpc) is 3.04. The lowest BCUT2D eigenvalue weighted by Crippen LogP contribution is -2.04. The van der Waals surface area contributed by atoms with Gasteiger partial charge in [0.2, 0.25) is 5.82 Å². The van der Waals surface area contributed by atoms with Crippen LogP contribution in [0.3, 0.4) is 0 Å². The number of aromatic nitrogens is 2. The molecule has 3 rings (SSSR count). The molecule has 0 aliphatic rings. The molecule has 0 saturated carbocycles. The topological polar surface area (TPSA) is 56.0 Å².